The maximum Gasteiger partial charge on any atom is 0.338 e. The molecule has 0 radical (unpaired) electrons. The summed E-state index contributed by atoms with van der Waals surface area (Å²) in [4.78, 5) is 25.8. The molecular weight excluding hydrogens is 294 g/mol. The van der Waals surface area contributed by atoms with E-state index in [4.69, 9.17) is 9.52 Å². The van der Waals surface area contributed by atoms with Crippen LogP contribution in [0.5, 0.6) is 0 Å². The van der Waals surface area contributed by atoms with Crippen molar-refractivity contribution in [3.63, 3.8) is 0 Å². The van der Waals surface area contributed by atoms with Crippen molar-refractivity contribution in [1.82, 2.24) is 4.90 Å². The number of furan rings is 1. The summed E-state index contributed by atoms with van der Waals surface area (Å²) in [6, 6.07) is 9.83. The van der Waals surface area contributed by atoms with Crippen molar-refractivity contribution in [3.8, 4) is 0 Å². The van der Waals surface area contributed by atoms with E-state index in [0.717, 1.165) is 31.9 Å². The molecule has 5 nitrogen and oxygen atoms in total. The molecule has 1 heterocycles. The summed E-state index contributed by atoms with van der Waals surface area (Å²) in [5, 5.41) is 9.00. The summed E-state index contributed by atoms with van der Waals surface area (Å²) >= 11 is 0. The number of aromatic carboxylic acids is 1. The summed E-state index contributed by atoms with van der Waals surface area (Å²) in [7, 11) is 0. The second kappa shape index (κ2) is 5.26. The van der Waals surface area contributed by atoms with E-state index >= 15 is 0 Å². The topological polar surface area (TPSA) is 70.7 Å². The van der Waals surface area contributed by atoms with E-state index in [9.17, 15) is 9.59 Å². The SMILES string of the molecule is O=C(O)c1coc(C(=O)N(C2CC2)C2CCc3ccccc32)c1. The monoisotopic (exact) mass is 311 g/mol. The Morgan fingerprint density at radius 3 is 2.65 bits per heavy atom. The molecule has 0 aliphatic heterocycles. The molecule has 4 rings (SSSR count). The fourth-order valence-corrected chi connectivity index (χ4v) is 3.43. The van der Waals surface area contributed by atoms with Crippen LogP contribution in [0.3, 0.4) is 0 Å². The maximum atomic E-state index is 12.9. The smallest absolute Gasteiger partial charge is 0.338 e. The normalized spacial score (nSPS) is 19.4. The third kappa shape index (κ3) is 2.42. The van der Waals surface area contributed by atoms with Gasteiger partial charge in [-0.1, -0.05) is 24.3 Å². The standard InChI is InChI=1S/C18H17NO4/c20-17(16-9-12(10-23-16)18(21)22)19(13-6-7-13)15-8-5-11-3-1-2-4-14(11)15/h1-4,9-10,13,15H,5-8H2,(H,21,22). The first-order chi connectivity index (χ1) is 11.1. The summed E-state index contributed by atoms with van der Waals surface area (Å²) in [5.41, 5.74) is 2.51. The van der Waals surface area contributed by atoms with Crippen LogP contribution in [0.1, 0.15) is 57.3 Å². The van der Waals surface area contributed by atoms with E-state index in [-0.39, 0.29) is 29.3 Å². The van der Waals surface area contributed by atoms with Crippen molar-refractivity contribution in [2.75, 3.05) is 0 Å². The van der Waals surface area contributed by atoms with Crippen molar-refractivity contribution in [3.05, 3.63) is 59.0 Å². The lowest BCUT2D eigenvalue weighted by Gasteiger charge is -2.29. The van der Waals surface area contributed by atoms with Crippen molar-refractivity contribution in [2.24, 2.45) is 0 Å². The van der Waals surface area contributed by atoms with E-state index < -0.39 is 5.97 Å². The van der Waals surface area contributed by atoms with Crippen LogP contribution in [0.15, 0.2) is 41.0 Å². The highest BCUT2D eigenvalue weighted by atomic mass is 16.4. The molecule has 2 aromatic rings. The van der Waals surface area contributed by atoms with Crippen LogP contribution in [0, 0.1) is 0 Å². The minimum atomic E-state index is -1.09. The second-order valence-corrected chi connectivity index (χ2v) is 6.20. The molecule has 1 N–H and O–H groups in total. The number of carboxylic acid groups (broad SMARTS) is 1. The number of carbonyl (C=O) groups excluding carboxylic acids is 1. The van der Waals surface area contributed by atoms with Gasteiger partial charge in [0.15, 0.2) is 5.76 Å². The number of carboxylic acids is 1. The van der Waals surface area contributed by atoms with Crippen molar-refractivity contribution in [1.29, 1.82) is 0 Å². The third-order valence-corrected chi connectivity index (χ3v) is 4.67. The first-order valence-corrected chi connectivity index (χ1v) is 7.87. The molecule has 1 saturated carbocycles. The minimum absolute atomic E-state index is 0.0101. The van der Waals surface area contributed by atoms with Gasteiger partial charge in [0.2, 0.25) is 0 Å². The Morgan fingerprint density at radius 2 is 1.96 bits per heavy atom. The van der Waals surface area contributed by atoms with Gasteiger partial charge in [0, 0.05) is 12.1 Å². The van der Waals surface area contributed by atoms with Crippen molar-refractivity contribution < 1.29 is 19.1 Å². The number of aryl methyl sites for hydroxylation is 1. The number of hydrogen-bond acceptors (Lipinski definition) is 3. The zero-order valence-electron chi connectivity index (χ0n) is 12.6. The number of hydrogen-bond donors (Lipinski definition) is 1. The van der Waals surface area contributed by atoms with Crippen LogP contribution in [0.4, 0.5) is 0 Å². The minimum Gasteiger partial charge on any atom is -0.478 e. The molecule has 1 aromatic heterocycles. The lowest BCUT2D eigenvalue weighted by atomic mass is 10.1. The molecule has 1 amide bonds. The van der Waals surface area contributed by atoms with Crippen molar-refractivity contribution >= 4 is 11.9 Å². The van der Waals surface area contributed by atoms with Crippen LogP contribution in [-0.4, -0.2) is 27.9 Å². The molecule has 1 atom stereocenters. The molecule has 0 spiro atoms. The Labute approximate surface area is 133 Å². The molecular formula is C18H17NO4. The van der Waals surface area contributed by atoms with Gasteiger partial charge in [0.25, 0.3) is 5.91 Å². The number of fused-ring (bicyclic) bond motifs is 1. The van der Waals surface area contributed by atoms with Gasteiger partial charge in [-0.25, -0.2) is 4.79 Å². The van der Waals surface area contributed by atoms with Gasteiger partial charge in [-0.3, -0.25) is 4.79 Å². The summed E-state index contributed by atoms with van der Waals surface area (Å²) < 4.78 is 5.22. The fourth-order valence-electron chi connectivity index (χ4n) is 3.43. The molecule has 2 aliphatic carbocycles. The molecule has 1 unspecified atom stereocenters. The van der Waals surface area contributed by atoms with E-state index in [1.165, 1.54) is 17.2 Å². The first-order valence-electron chi connectivity index (χ1n) is 7.87. The Morgan fingerprint density at radius 1 is 1.17 bits per heavy atom. The summed E-state index contributed by atoms with van der Waals surface area (Å²) in [5.74, 6) is -1.18. The quantitative estimate of drug-likeness (QED) is 0.940. The Kier molecular flexibility index (Phi) is 3.22. The lowest BCUT2D eigenvalue weighted by Crippen LogP contribution is -2.35. The van der Waals surface area contributed by atoms with Gasteiger partial charge in [-0.2, -0.15) is 0 Å². The molecule has 2 aliphatic rings. The highest BCUT2D eigenvalue weighted by Crippen LogP contribution is 2.42. The van der Waals surface area contributed by atoms with Crippen LogP contribution in [-0.2, 0) is 6.42 Å². The van der Waals surface area contributed by atoms with Gasteiger partial charge in [0.05, 0.1) is 11.6 Å². The number of benzene rings is 1. The second-order valence-electron chi connectivity index (χ2n) is 6.20. The predicted molar refractivity (Wildman–Crippen MR) is 82.4 cm³/mol. The van der Waals surface area contributed by atoms with Crippen LogP contribution >= 0.6 is 0 Å². The Hall–Kier alpha value is -2.56. The van der Waals surface area contributed by atoms with E-state index in [2.05, 4.69) is 12.1 Å². The first kappa shape index (κ1) is 14.1. The fraction of sp³-hybridized carbons (Fsp3) is 0.333. The Bertz CT molecular complexity index is 775. The van der Waals surface area contributed by atoms with Gasteiger partial charge in [-0.15, -0.1) is 0 Å². The van der Waals surface area contributed by atoms with E-state index in [1.54, 1.807) is 0 Å². The summed E-state index contributed by atoms with van der Waals surface area (Å²) in [6.45, 7) is 0. The lowest BCUT2D eigenvalue weighted by molar-refractivity contribution is 0.0624. The van der Waals surface area contributed by atoms with Crippen LogP contribution < -0.4 is 0 Å². The van der Waals surface area contributed by atoms with E-state index in [0.29, 0.717) is 0 Å². The average Bonchev–Trinajstić information content (AvgIpc) is 3.10. The third-order valence-electron chi connectivity index (χ3n) is 4.67. The van der Waals surface area contributed by atoms with Gasteiger partial charge in [0.1, 0.15) is 6.26 Å². The summed E-state index contributed by atoms with van der Waals surface area (Å²) in [6.07, 6.45) is 5.00. The van der Waals surface area contributed by atoms with Gasteiger partial charge < -0.3 is 14.4 Å². The molecule has 118 valence electrons. The maximum absolute atomic E-state index is 12.9. The molecule has 0 saturated heterocycles. The van der Waals surface area contributed by atoms with E-state index in [1.807, 2.05) is 17.0 Å². The predicted octanol–water partition coefficient (Wildman–Crippen LogP) is 3.27. The number of rotatable bonds is 4. The number of nitrogens with zero attached hydrogens (tertiary/aromatic N) is 1. The largest absolute Gasteiger partial charge is 0.478 e. The van der Waals surface area contributed by atoms with Gasteiger partial charge >= 0.3 is 5.97 Å². The van der Waals surface area contributed by atoms with Crippen LogP contribution in [0.25, 0.3) is 0 Å². The number of amides is 1. The molecule has 5 heteroatoms. The Balaban J connectivity index is 1.66. The zero-order valence-corrected chi connectivity index (χ0v) is 12.6. The molecule has 1 aromatic carbocycles. The molecule has 1 fully saturated rings. The average molecular weight is 311 g/mol. The van der Waals surface area contributed by atoms with Crippen LogP contribution in [0.2, 0.25) is 0 Å². The van der Waals surface area contributed by atoms with Gasteiger partial charge in [-0.05, 0) is 36.8 Å². The highest BCUT2D eigenvalue weighted by Gasteiger charge is 2.41. The molecule has 0 bridgehead atoms. The van der Waals surface area contributed by atoms with Crippen molar-refractivity contribution in [2.45, 2.75) is 37.8 Å². The molecule has 23 heavy (non-hydrogen) atoms. The zero-order chi connectivity index (χ0) is 16.0. The number of carbonyl (C=O) groups is 2. The highest BCUT2D eigenvalue weighted by molar-refractivity contribution is 5.96.